The minimum absolute atomic E-state index is 0.0931. The molecule has 38 heavy (non-hydrogen) atoms. The number of benzene rings is 5. The summed E-state index contributed by atoms with van der Waals surface area (Å²) in [5.74, 6) is 0. The maximum atomic E-state index is 9.38. The lowest BCUT2D eigenvalue weighted by molar-refractivity contribution is 0.660. The zero-order chi connectivity index (χ0) is 26.0. The van der Waals surface area contributed by atoms with E-state index in [1.807, 2.05) is 18.2 Å². The Hall–Kier alpha value is -5.12. The third-order valence-electron chi connectivity index (χ3n) is 8.09. The highest BCUT2D eigenvalue weighted by atomic mass is 15.2. The summed E-state index contributed by atoms with van der Waals surface area (Å²) in [6.45, 7) is 4.62. The van der Waals surface area contributed by atoms with Crippen molar-refractivity contribution in [1.82, 2.24) is 0 Å². The van der Waals surface area contributed by atoms with E-state index < -0.39 is 0 Å². The molecule has 0 N–H and O–H groups in total. The molecule has 0 atom stereocenters. The minimum Gasteiger partial charge on any atom is -0.309 e. The van der Waals surface area contributed by atoms with E-state index in [-0.39, 0.29) is 11.0 Å². The lowest BCUT2D eigenvalue weighted by atomic mass is 9.82. The summed E-state index contributed by atoms with van der Waals surface area (Å²) in [5.41, 5.74) is 11.8. The predicted molar refractivity (Wildman–Crippen MR) is 154 cm³/mol. The van der Waals surface area contributed by atoms with Crippen LogP contribution in [-0.4, -0.2) is 0 Å². The smallest absolute Gasteiger partial charge is 0.130 e. The zero-order valence-corrected chi connectivity index (χ0v) is 21.2. The van der Waals surface area contributed by atoms with Crippen molar-refractivity contribution < 1.29 is 0 Å². The highest BCUT2D eigenvalue weighted by Crippen LogP contribution is 2.54. The molecule has 5 aromatic rings. The van der Waals surface area contributed by atoms with Crippen LogP contribution in [0, 0.1) is 22.7 Å². The monoisotopic (exact) mass is 485 g/mol. The molecule has 5 aromatic carbocycles. The first kappa shape index (κ1) is 22.1. The molecular weight excluding hydrogens is 462 g/mol. The van der Waals surface area contributed by atoms with Crippen LogP contribution in [0.15, 0.2) is 103 Å². The summed E-state index contributed by atoms with van der Waals surface area (Å²) >= 11 is 0. The van der Waals surface area contributed by atoms with Gasteiger partial charge in [-0.05, 0) is 69.1 Å². The molecule has 0 amide bonds. The number of hydrogen-bond acceptors (Lipinski definition) is 3. The highest BCUT2D eigenvalue weighted by Gasteiger charge is 2.36. The van der Waals surface area contributed by atoms with Gasteiger partial charge in [0.25, 0.3) is 0 Å². The van der Waals surface area contributed by atoms with Crippen molar-refractivity contribution in [2.24, 2.45) is 0 Å². The molecule has 3 heteroatoms. The van der Waals surface area contributed by atoms with Gasteiger partial charge in [0.1, 0.15) is 17.7 Å². The molecule has 0 fully saturated rings. The molecule has 0 bridgehead atoms. The number of nitrogens with zero attached hydrogens (tertiary/aromatic N) is 3. The molecule has 3 nitrogen and oxygen atoms in total. The van der Waals surface area contributed by atoms with Gasteiger partial charge in [-0.15, -0.1) is 0 Å². The van der Waals surface area contributed by atoms with Crippen LogP contribution in [0.1, 0.15) is 30.5 Å². The predicted octanol–water partition coefficient (Wildman–Crippen LogP) is 9.03. The summed E-state index contributed by atoms with van der Waals surface area (Å²) in [7, 11) is 0. The molecule has 0 aromatic heterocycles. The number of hydrogen-bond donors (Lipinski definition) is 0. The van der Waals surface area contributed by atoms with Crippen molar-refractivity contribution in [3.63, 3.8) is 0 Å². The van der Waals surface area contributed by atoms with Crippen LogP contribution < -0.4 is 4.90 Å². The fourth-order valence-corrected chi connectivity index (χ4v) is 6.33. The standard InChI is InChI=1S/C35H23N3/c1-35(2)30-12-5-3-8-26(30)27-16-15-24(19-31(27)35)38-32-13-6-4-9-28(32)29-11-7-10-25-23(18-22(20-36)21-37)14-17-33(38)34(25)29/h3-19H,1-2H3. The number of para-hydroxylation sites is 1. The van der Waals surface area contributed by atoms with Crippen LogP contribution >= 0.6 is 0 Å². The number of fused-ring (bicyclic) bond motifs is 5. The molecule has 7 rings (SSSR count). The molecule has 0 radical (unpaired) electrons. The first-order chi connectivity index (χ1) is 18.5. The van der Waals surface area contributed by atoms with Gasteiger partial charge in [0, 0.05) is 22.1 Å². The Balaban J connectivity index is 1.50. The molecule has 0 unspecified atom stereocenters. The van der Waals surface area contributed by atoms with E-state index in [1.54, 1.807) is 6.08 Å². The Labute approximate surface area is 222 Å². The second kappa shape index (κ2) is 7.94. The Bertz CT molecular complexity index is 1910. The second-order valence-corrected chi connectivity index (χ2v) is 10.4. The Morgan fingerprint density at radius 3 is 2.21 bits per heavy atom. The van der Waals surface area contributed by atoms with Gasteiger partial charge in [-0.1, -0.05) is 86.6 Å². The van der Waals surface area contributed by atoms with Crippen LogP contribution in [0.5, 0.6) is 0 Å². The second-order valence-electron chi connectivity index (χ2n) is 10.4. The van der Waals surface area contributed by atoms with Crippen LogP contribution in [0.2, 0.25) is 0 Å². The summed E-state index contributed by atoms with van der Waals surface area (Å²) in [4.78, 5) is 2.35. The molecular formula is C35H23N3. The van der Waals surface area contributed by atoms with Gasteiger partial charge < -0.3 is 4.90 Å². The van der Waals surface area contributed by atoms with E-state index in [0.29, 0.717) is 0 Å². The van der Waals surface area contributed by atoms with Crippen molar-refractivity contribution >= 4 is 33.9 Å². The van der Waals surface area contributed by atoms with Crippen molar-refractivity contribution in [2.75, 3.05) is 4.90 Å². The molecule has 0 spiro atoms. The van der Waals surface area contributed by atoms with Gasteiger partial charge in [0.05, 0.1) is 11.4 Å². The van der Waals surface area contributed by atoms with E-state index >= 15 is 0 Å². The summed E-state index contributed by atoms with van der Waals surface area (Å²) in [6, 6.07) is 38.5. The minimum atomic E-state index is -0.0931. The fourth-order valence-electron chi connectivity index (χ4n) is 6.33. The average molecular weight is 486 g/mol. The van der Waals surface area contributed by atoms with Gasteiger partial charge >= 0.3 is 0 Å². The molecule has 1 heterocycles. The van der Waals surface area contributed by atoms with Gasteiger partial charge in [-0.2, -0.15) is 10.5 Å². The molecule has 2 aliphatic rings. The summed E-state index contributed by atoms with van der Waals surface area (Å²) in [6.07, 6.45) is 1.68. The van der Waals surface area contributed by atoms with E-state index in [2.05, 4.69) is 110 Å². The highest BCUT2D eigenvalue weighted by molar-refractivity contribution is 6.15. The topological polar surface area (TPSA) is 50.8 Å². The molecule has 1 aliphatic carbocycles. The van der Waals surface area contributed by atoms with Gasteiger partial charge in [-0.3, -0.25) is 0 Å². The van der Waals surface area contributed by atoms with Crippen LogP contribution in [0.4, 0.5) is 17.1 Å². The first-order valence-electron chi connectivity index (χ1n) is 12.7. The summed E-state index contributed by atoms with van der Waals surface area (Å²) in [5, 5.41) is 20.9. The Morgan fingerprint density at radius 1 is 0.684 bits per heavy atom. The van der Waals surface area contributed by atoms with E-state index in [0.717, 1.165) is 44.5 Å². The van der Waals surface area contributed by atoms with Gasteiger partial charge in [0.15, 0.2) is 0 Å². The van der Waals surface area contributed by atoms with E-state index in [9.17, 15) is 10.5 Å². The first-order valence-corrected chi connectivity index (χ1v) is 12.7. The van der Waals surface area contributed by atoms with Crippen molar-refractivity contribution in [3.05, 3.63) is 119 Å². The fraction of sp³-hybridized carbons (Fsp3) is 0.0857. The Kier molecular flexibility index (Phi) is 4.62. The van der Waals surface area contributed by atoms with Crippen LogP contribution in [-0.2, 0) is 5.41 Å². The number of rotatable bonds is 2. The SMILES string of the molecule is CC1(C)c2ccccc2-c2ccc(N3c4ccccc4-c4cccc5c(C=C(C#N)C#N)ccc3c45)cc21. The van der Waals surface area contributed by atoms with Crippen molar-refractivity contribution in [1.29, 1.82) is 10.5 Å². The molecule has 0 saturated heterocycles. The van der Waals surface area contributed by atoms with Crippen molar-refractivity contribution in [2.45, 2.75) is 19.3 Å². The third-order valence-corrected chi connectivity index (χ3v) is 8.09. The Morgan fingerprint density at radius 2 is 1.39 bits per heavy atom. The molecule has 1 aliphatic heterocycles. The zero-order valence-electron chi connectivity index (χ0n) is 21.2. The number of allylic oxidation sites excluding steroid dienone is 1. The lowest BCUT2D eigenvalue weighted by Crippen LogP contribution is -2.18. The lowest BCUT2D eigenvalue weighted by Gasteiger charge is -2.34. The van der Waals surface area contributed by atoms with Gasteiger partial charge in [-0.25, -0.2) is 0 Å². The van der Waals surface area contributed by atoms with Crippen LogP contribution in [0.3, 0.4) is 0 Å². The molecule has 178 valence electrons. The van der Waals surface area contributed by atoms with Crippen LogP contribution in [0.25, 0.3) is 39.1 Å². The van der Waals surface area contributed by atoms with Crippen molar-refractivity contribution in [3.8, 4) is 34.4 Å². The normalized spacial score (nSPS) is 13.6. The maximum absolute atomic E-state index is 9.38. The maximum Gasteiger partial charge on any atom is 0.130 e. The average Bonchev–Trinajstić information content (AvgIpc) is 3.19. The van der Waals surface area contributed by atoms with Gasteiger partial charge in [0.2, 0.25) is 0 Å². The number of anilines is 3. The van der Waals surface area contributed by atoms with E-state index in [1.165, 1.54) is 22.3 Å². The largest absolute Gasteiger partial charge is 0.309 e. The third kappa shape index (κ3) is 2.94. The summed E-state index contributed by atoms with van der Waals surface area (Å²) < 4.78 is 0. The quantitative estimate of drug-likeness (QED) is 0.230. The molecule has 0 saturated carbocycles. The number of nitriles is 2. The van der Waals surface area contributed by atoms with E-state index in [4.69, 9.17) is 0 Å².